The lowest BCUT2D eigenvalue weighted by molar-refractivity contribution is 0.0237. The molecule has 0 aromatic carbocycles. The average Bonchev–Trinajstić information content (AvgIpc) is 3.29. The molecule has 0 radical (unpaired) electrons. The Bertz CT molecular complexity index is 639. The van der Waals surface area contributed by atoms with Crippen molar-refractivity contribution in [2.75, 3.05) is 20.3 Å². The summed E-state index contributed by atoms with van der Waals surface area (Å²) in [5.41, 5.74) is 1.12. The Hall–Kier alpha value is -1.13. The van der Waals surface area contributed by atoms with E-state index in [1.807, 2.05) is 12.1 Å². The number of aliphatic imine (C=N–C) groups is 1. The predicted octanol–water partition coefficient (Wildman–Crippen LogP) is 2.24. The van der Waals surface area contributed by atoms with Crippen LogP contribution >= 0.6 is 24.0 Å². The fourth-order valence-electron chi connectivity index (χ4n) is 3.94. The molecule has 3 aliphatic rings. The van der Waals surface area contributed by atoms with Gasteiger partial charge in [-0.1, -0.05) is 0 Å². The van der Waals surface area contributed by atoms with Crippen molar-refractivity contribution in [2.24, 2.45) is 4.99 Å². The van der Waals surface area contributed by atoms with E-state index >= 15 is 0 Å². The van der Waals surface area contributed by atoms with E-state index < -0.39 is 0 Å². The van der Waals surface area contributed by atoms with Gasteiger partial charge in [-0.05, 0) is 30.9 Å². The third-order valence-electron chi connectivity index (χ3n) is 5.37. The van der Waals surface area contributed by atoms with Crippen LogP contribution in [-0.2, 0) is 16.0 Å². The molecule has 3 fully saturated rings. The molecule has 7 nitrogen and oxygen atoms in total. The molecule has 0 spiro atoms. The van der Waals surface area contributed by atoms with E-state index in [4.69, 9.17) is 14.2 Å². The molecule has 3 saturated heterocycles. The lowest BCUT2D eigenvalue weighted by atomic mass is 9.96. The Kier molecular flexibility index (Phi) is 7.54. The van der Waals surface area contributed by atoms with Gasteiger partial charge in [0.05, 0.1) is 31.5 Å². The van der Waals surface area contributed by atoms with Gasteiger partial charge in [-0.2, -0.15) is 0 Å². The summed E-state index contributed by atoms with van der Waals surface area (Å²) < 4.78 is 17.3. The van der Waals surface area contributed by atoms with Crippen molar-refractivity contribution in [3.63, 3.8) is 0 Å². The number of hydrogen-bond acceptors (Lipinski definition) is 5. The number of nitrogens with one attached hydrogen (secondary N) is 2. The van der Waals surface area contributed by atoms with Gasteiger partial charge < -0.3 is 24.8 Å². The quantitative estimate of drug-likeness (QED) is 0.376. The second kappa shape index (κ2) is 9.88. The number of ether oxygens (including phenoxy) is 3. The van der Waals surface area contributed by atoms with Crippen LogP contribution in [0.25, 0.3) is 0 Å². The van der Waals surface area contributed by atoms with E-state index in [0.717, 1.165) is 50.4 Å². The molecule has 150 valence electrons. The number of guanidine groups is 1. The summed E-state index contributed by atoms with van der Waals surface area (Å²) in [5.74, 6) is 1.50. The highest BCUT2D eigenvalue weighted by Crippen LogP contribution is 2.34. The first-order valence-electron chi connectivity index (χ1n) is 9.62. The van der Waals surface area contributed by atoms with E-state index in [-0.39, 0.29) is 30.1 Å². The maximum Gasteiger partial charge on any atom is 0.213 e. The van der Waals surface area contributed by atoms with Crippen molar-refractivity contribution in [3.8, 4) is 5.88 Å². The highest BCUT2D eigenvalue weighted by Gasteiger charge is 2.41. The van der Waals surface area contributed by atoms with Crippen molar-refractivity contribution in [3.05, 3.63) is 23.9 Å². The van der Waals surface area contributed by atoms with Crippen molar-refractivity contribution >= 4 is 29.9 Å². The molecule has 8 heteroatoms. The molecule has 2 N–H and O–H groups in total. The Labute approximate surface area is 177 Å². The lowest BCUT2D eigenvalue weighted by Gasteiger charge is -2.23. The smallest absolute Gasteiger partial charge is 0.213 e. The fraction of sp³-hybridized carbons (Fsp3) is 0.684. The number of fused-ring (bicyclic) bond motifs is 2. The van der Waals surface area contributed by atoms with Gasteiger partial charge in [0.25, 0.3) is 0 Å². The van der Waals surface area contributed by atoms with Gasteiger partial charge in [-0.15, -0.1) is 24.0 Å². The number of hydrogen-bond donors (Lipinski definition) is 2. The highest BCUT2D eigenvalue weighted by molar-refractivity contribution is 14.0. The van der Waals surface area contributed by atoms with Crippen LogP contribution < -0.4 is 15.4 Å². The average molecular weight is 488 g/mol. The maximum atomic E-state index is 5.99. The molecule has 27 heavy (non-hydrogen) atoms. The summed E-state index contributed by atoms with van der Waals surface area (Å²) in [6, 6.07) is 4.36. The van der Waals surface area contributed by atoms with Crippen molar-refractivity contribution in [1.29, 1.82) is 0 Å². The van der Waals surface area contributed by atoms with Gasteiger partial charge in [0.1, 0.15) is 6.10 Å². The van der Waals surface area contributed by atoms with E-state index in [2.05, 4.69) is 20.6 Å². The van der Waals surface area contributed by atoms with E-state index in [9.17, 15) is 0 Å². The molecule has 1 aromatic heterocycles. The van der Waals surface area contributed by atoms with Crippen LogP contribution in [0.2, 0.25) is 0 Å². The molecular formula is C19H29IN4O3. The molecule has 1 aromatic rings. The minimum Gasteiger partial charge on any atom is -0.474 e. The largest absolute Gasteiger partial charge is 0.474 e. The molecule has 0 aliphatic carbocycles. The predicted molar refractivity (Wildman–Crippen MR) is 114 cm³/mol. The molecular weight excluding hydrogens is 459 g/mol. The first kappa shape index (κ1) is 20.6. The van der Waals surface area contributed by atoms with Crippen molar-refractivity contribution < 1.29 is 14.2 Å². The van der Waals surface area contributed by atoms with Crippen LogP contribution in [0.1, 0.15) is 37.7 Å². The van der Waals surface area contributed by atoms with Crippen LogP contribution in [-0.4, -0.2) is 55.6 Å². The molecule has 3 aliphatic heterocycles. The van der Waals surface area contributed by atoms with Gasteiger partial charge in [-0.25, -0.2) is 4.98 Å². The van der Waals surface area contributed by atoms with E-state index in [1.54, 1.807) is 13.2 Å². The summed E-state index contributed by atoms with van der Waals surface area (Å²) in [6.45, 7) is 2.20. The van der Waals surface area contributed by atoms with Gasteiger partial charge >= 0.3 is 0 Å². The number of rotatable bonds is 5. The lowest BCUT2D eigenvalue weighted by Crippen LogP contribution is -2.47. The second-order valence-electron chi connectivity index (χ2n) is 7.22. The number of aromatic nitrogens is 1. The summed E-state index contributed by atoms with van der Waals surface area (Å²) in [5, 5.41) is 6.88. The summed E-state index contributed by atoms with van der Waals surface area (Å²) in [4.78, 5) is 8.68. The van der Waals surface area contributed by atoms with Crippen molar-refractivity contribution in [1.82, 2.24) is 15.6 Å². The van der Waals surface area contributed by atoms with Gasteiger partial charge in [0.2, 0.25) is 5.88 Å². The summed E-state index contributed by atoms with van der Waals surface area (Å²) in [7, 11) is 1.80. The van der Waals surface area contributed by atoms with Crippen LogP contribution in [0.4, 0.5) is 0 Å². The first-order valence-corrected chi connectivity index (χ1v) is 9.62. The van der Waals surface area contributed by atoms with Crippen LogP contribution in [0.15, 0.2) is 23.3 Å². The third kappa shape index (κ3) is 5.45. The molecule has 3 unspecified atom stereocenters. The highest BCUT2D eigenvalue weighted by atomic mass is 127. The monoisotopic (exact) mass is 488 g/mol. The Morgan fingerprint density at radius 3 is 2.85 bits per heavy atom. The molecule has 3 atom stereocenters. The van der Waals surface area contributed by atoms with Gasteiger partial charge in [0.15, 0.2) is 5.96 Å². The fourth-order valence-corrected chi connectivity index (χ4v) is 3.94. The first-order chi connectivity index (χ1) is 12.8. The zero-order valence-electron chi connectivity index (χ0n) is 15.7. The Morgan fingerprint density at radius 2 is 2.15 bits per heavy atom. The molecule has 4 heterocycles. The van der Waals surface area contributed by atoms with Gasteiger partial charge in [0, 0.05) is 38.7 Å². The minimum atomic E-state index is 0. The Morgan fingerprint density at radius 1 is 1.30 bits per heavy atom. The summed E-state index contributed by atoms with van der Waals surface area (Å²) in [6.07, 6.45) is 8.03. The second-order valence-corrected chi connectivity index (χ2v) is 7.22. The zero-order chi connectivity index (χ0) is 17.8. The molecule has 0 saturated carbocycles. The zero-order valence-corrected chi connectivity index (χ0v) is 18.1. The Balaban J connectivity index is 0.00000210. The number of pyridine rings is 1. The van der Waals surface area contributed by atoms with Crippen LogP contribution in [0.3, 0.4) is 0 Å². The molecule has 2 bridgehead atoms. The van der Waals surface area contributed by atoms with Gasteiger partial charge in [-0.3, -0.25) is 4.99 Å². The normalized spacial score (nSPS) is 27.9. The van der Waals surface area contributed by atoms with Crippen LogP contribution in [0.5, 0.6) is 5.88 Å². The topological polar surface area (TPSA) is 77.0 Å². The molecule has 4 rings (SSSR count). The minimum absolute atomic E-state index is 0. The summed E-state index contributed by atoms with van der Waals surface area (Å²) >= 11 is 0. The van der Waals surface area contributed by atoms with Crippen molar-refractivity contribution in [2.45, 2.75) is 63.0 Å². The SMILES string of the molecule is CN=C(NCc1ccnc(OC2CCOCC2)c1)NC1CC2CCC1O2.I. The van der Waals surface area contributed by atoms with E-state index in [0.29, 0.717) is 30.7 Å². The maximum absolute atomic E-state index is 5.99. The molecule has 0 amide bonds. The van der Waals surface area contributed by atoms with Crippen LogP contribution in [0, 0.1) is 0 Å². The number of halogens is 1. The standard InChI is InChI=1S/C19H28N4O3.HI/c1-20-19(23-16-11-15-2-3-17(16)25-15)22-12-13-4-7-21-18(10-13)26-14-5-8-24-9-6-14;/h4,7,10,14-17H,2-3,5-6,8-9,11-12H2,1H3,(H2,20,22,23);1H. The third-order valence-corrected chi connectivity index (χ3v) is 5.37. The van der Waals surface area contributed by atoms with E-state index in [1.165, 1.54) is 6.42 Å². The number of nitrogens with zero attached hydrogens (tertiary/aromatic N) is 2.